The largest absolute Gasteiger partial charge is 0.273 e. The molecule has 0 heterocycles. The second-order valence-corrected chi connectivity index (χ2v) is 5.31. The molecule has 0 aliphatic carbocycles. The van der Waals surface area contributed by atoms with Gasteiger partial charge in [0.25, 0.3) is 0 Å². The molecule has 3 heteroatoms. The van der Waals surface area contributed by atoms with Gasteiger partial charge in [-0.2, -0.15) is 5.10 Å². The van der Waals surface area contributed by atoms with Crippen molar-refractivity contribution in [3.8, 4) is 0 Å². The summed E-state index contributed by atoms with van der Waals surface area (Å²) in [5.41, 5.74) is 8.06. The number of nitrogens with one attached hydrogen (secondary N) is 1. The Labute approximate surface area is 125 Å². The van der Waals surface area contributed by atoms with Crippen LogP contribution in [0.2, 0.25) is 0 Å². The van der Waals surface area contributed by atoms with Crippen LogP contribution in [-0.2, 0) is 11.2 Å². The molecule has 1 amide bonds. The van der Waals surface area contributed by atoms with Gasteiger partial charge in [-0.1, -0.05) is 53.6 Å². The van der Waals surface area contributed by atoms with Crippen molar-refractivity contribution in [2.45, 2.75) is 27.2 Å². The van der Waals surface area contributed by atoms with Gasteiger partial charge in [-0.15, -0.1) is 0 Å². The van der Waals surface area contributed by atoms with Crippen LogP contribution in [0.4, 0.5) is 0 Å². The lowest BCUT2D eigenvalue weighted by Gasteiger charge is -2.06. The van der Waals surface area contributed by atoms with Crippen LogP contribution in [-0.4, -0.2) is 12.1 Å². The molecule has 0 unspecified atom stereocenters. The van der Waals surface area contributed by atoms with Gasteiger partial charge in [-0.25, -0.2) is 5.43 Å². The van der Waals surface area contributed by atoms with E-state index in [-0.39, 0.29) is 5.91 Å². The van der Waals surface area contributed by atoms with Crippen molar-refractivity contribution in [3.63, 3.8) is 0 Å². The first-order valence-corrected chi connectivity index (χ1v) is 6.99. The fourth-order valence-corrected chi connectivity index (χ4v) is 2.03. The highest BCUT2D eigenvalue weighted by Gasteiger charge is 2.05. The lowest BCUT2D eigenvalue weighted by Crippen LogP contribution is -2.20. The van der Waals surface area contributed by atoms with Crippen molar-refractivity contribution in [1.29, 1.82) is 0 Å². The van der Waals surface area contributed by atoms with E-state index in [1.807, 2.05) is 63.2 Å². The third kappa shape index (κ3) is 4.56. The minimum Gasteiger partial charge on any atom is -0.273 e. The highest BCUT2D eigenvalue weighted by atomic mass is 16.2. The Morgan fingerprint density at radius 1 is 1.05 bits per heavy atom. The Balaban J connectivity index is 1.93. The minimum atomic E-state index is -0.105. The molecule has 0 aliphatic rings. The Kier molecular flexibility index (Phi) is 4.88. The Morgan fingerprint density at radius 3 is 2.43 bits per heavy atom. The van der Waals surface area contributed by atoms with Gasteiger partial charge in [0.2, 0.25) is 5.91 Å². The van der Waals surface area contributed by atoms with E-state index >= 15 is 0 Å². The maximum atomic E-state index is 11.9. The summed E-state index contributed by atoms with van der Waals surface area (Å²) in [5, 5.41) is 3.99. The first-order valence-electron chi connectivity index (χ1n) is 6.99. The van der Waals surface area contributed by atoms with Crippen LogP contribution in [0.25, 0.3) is 0 Å². The van der Waals surface area contributed by atoms with E-state index in [1.54, 1.807) is 6.21 Å². The van der Waals surface area contributed by atoms with E-state index in [1.165, 1.54) is 5.56 Å². The normalized spacial score (nSPS) is 10.8. The summed E-state index contributed by atoms with van der Waals surface area (Å²) in [6.07, 6.45) is 2.00. The molecule has 0 bridgehead atoms. The molecule has 0 fully saturated rings. The number of carbonyl (C=O) groups is 1. The van der Waals surface area contributed by atoms with Gasteiger partial charge in [0.05, 0.1) is 12.6 Å². The van der Waals surface area contributed by atoms with Gasteiger partial charge in [0.1, 0.15) is 0 Å². The second kappa shape index (κ2) is 6.84. The van der Waals surface area contributed by atoms with Crippen LogP contribution in [0.5, 0.6) is 0 Å². The van der Waals surface area contributed by atoms with Gasteiger partial charge in [0, 0.05) is 0 Å². The number of nitrogens with zero attached hydrogens (tertiary/aromatic N) is 1. The van der Waals surface area contributed by atoms with E-state index in [0.717, 1.165) is 22.3 Å². The molecule has 2 aromatic carbocycles. The highest BCUT2D eigenvalue weighted by molar-refractivity contribution is 5.83. The van der Waals surface area contributed by atoms with E-state index < -0.39 is 0 Å². The monoisotopic (exact) mass is 280 g/mol. The zero-order valence-corrected chi connectivity index (χ0v) is 12.7. The Bertz CT molecular complexity index is 657. The molecule has 21 heavy (non-hydrogen) atoms. The van der Waals surface area contributed by atoms with E-state index in [4.69, 9.17) is 0 Å². The van der Waals surface area contributed by atoms with Crippen LogP contribution in [0.1, 0.15) is 27.8 Å². The molecule has 1 N–H and O–H groups in total. The molecule has 3 nitrogen and oxygen atoms in total. The zero-order valence-electron chi connectivity index (χ0n) is 12.7. The van der Waals surface area contributed by atoms with Crippen molar-refractivity contribution in [2.24, 2.45) is 5.10 Å². The second-order valence-electron chi connectivity index (χ2n) is 5.31. The van der Waals surface area contributed by atoms with Crippen molar-refractivity contribution < 1.29 is 4.79 Å². The summed E-state index contributed by atoms with van der Waals surface area (Å²) in [6.45, 7) is 6.07. The molecule has 0 saturated heterocycles. The van der Waals surface area contributed by atoms with E-state index in [0.29, 0.717) is 6.42 Å². The molecule has 0 radical (unpaired) electrons. The SMILES string of the molecule is Cc1ccc(/C=N/NC(=O)Cc2cc(C)ccc2C)cc1. The number of aryl methyl sites for hydroxylation is 3. The number of hydrazone groups is 1. The topological polar surface area (TPSA) is 41.5 Å². The number of rotatable bonds is 4. The first-order chi connectivity index (χ1) is 10.0. The lowest BCUT2D eigenvalue weighted by molar-refractivity contribution is -0.120. The Morgan fingerprint density at radius 2 is 1.71 bits per heavy atom. The lowest BCUT2D eigenvalue weighted by atomic mass is 10.0. The van der Waals surface area contributed by atoms with Gasteiger partial charge >= 0.3 is 0 Å². The van der Waals surface area contributed by atoms with Crippen LogP contribution < -0.4 is 5.43 Å². The number of carbonyl (C=O) groups excluding carboxylic acids is 1. The highest BCUT2D eigenvalue weighted by Crippen LogP contribution is 2.11. The quantitative estimate of drug-likeness (QED) is 0.677. The van der Waals surface area contributed by atoms with Crippen molar-refractivity contribution >= 4 is 12.1 Å². The smallest absolute Gasteiger partial charge is 0.244 e. The van der Waals surface area contributed by atoms with Crippen LogP contribution in [0.15, 0.2) is 47.6 Å². The molecule has 2 aromatic rings. The van der Waals surface area contributed by atoms with Crippen LogP contribution in [0, 0.1) is 20.8 Å². The molecule has 0 atom stereocenters. The molecular weight excluding hydrogens is 260 g/mol. The average molecular weight is 280 g/mol. The molecule has 2 rings (SSSR count). The molecule has 0 aliphatic heterocycles. The predicted molar refractivity (Wildman–Crippen MR) is 86.5 cm³/mol. The number of benzene rings is 2. The zero-order chi connectivity index (χ0) is 15.2. The van der Waals surface area contributed by atoms with Crippen LogP contribution >= 0.6 is 0 Å². The number of hydrogen-bond acceptors (Lipinski definition) is 2. The maximum absolute atomic E-state index is 11.9. The summed E-state index contributed by atoms with van der Waals surface area (Å²) in [6, 6.07) is 14.1. The van der Waals surface area contributed by atoms with E-state index in [9.17, 15) is 4.79 Å². The first kappa shape index (κ1) is 15.0. The number of amides is 1. The van der Waals surface area contributed by atoms with Gasteiger partial charge in [-0.3, -0.25) is 4.79 Å². The summed E-state index contributed by atoms with van der Waals surface area (Å²) in [4.78, 5) is 11.9. The number of hydrogen-bond donors (Lipinski definition) is 1. The van der Waals surface area contributed by atoms with Crippen molar-refractivity contribution in [1.82, 2.24) is 5.43 Å². The average Bonchev–Trinajstić information content (AvgIpc) is 2.45. The predicted octanol–water partition coefficient (Wildman–Crippen LogP) is 3.30. The maximum Gasteiger partial charge on any atom is 0.244 e. The Hall–Kier alpha value is -2.42. The van der Waals surface area contributed by atoms with Crippen molar-refractivity contribution in [2.75, 3.05) is 0 Å². The third-order valence-electron chi connectivity index (χ3n) is 3.34. The molecule has 108 valence electrons. The van der Waals surface area contributed by atoms with Crippen molar-refractivity contribution in [3.05, 3.63) is 70.3 Å². The minimum absolute atomic E-state index is 0.105. The fourth-order valence-electron chi connectivity index (χ4n) is 2.03. The van der Waals surface area contributed by atoms with Gasteiger partial charge in [-0.05, 0) is 37.5 Å². The van der Waals surface area contributed by atoms with Gasteiger partial charge < -0.3 is 0 Å². The summed E-state index contributed by atoms with van der Waals surface area (Å²) < 4.78 is 0. The molecule has 0 aromatic heterocycles. The summed E-state index contributed by atoms with van der Waals surface area (Å²) in [5.74, 6) is -0.105. The van der Waals surface area contributed by atoms with E-state index in [2.05, 4.69) is 10.5 Å². The molecular formula is C18H20N2O. The summed E-state index contributed by atoms with van der Waals surface area (Å²) in [7, 11) is 0. The van der Waals surface area contributed by atoms with Gasteiger partial charge in [0.15, 0.2) is 0 Å². The molecule has 0 spiro atoms. The van der Waals surface area contributed by atoms with Crippen LogP contribution in [0.3, 0.4) is 0 Å². The standard InChI is InChI=1S/C18H20N2O/c1-13-5-8-16(9-6-13)12-19-20-18(21)11-17-10-14(2)4-7-15(17)3/h4-10,12H,11H2,1-3H3,(H,20,21)/b19-12+. The third-order valence-corrected chi connectivity index (χ3v) is 3.34. The molecule has 0 saturated carbocycles. The summed E-state index contributed by atoms with van der Waals surface area (Å²) >= 11 is 0. The fraction of sp³-hybridized carbons (Fsp3) is 0.222.